The van der Waals surface area contributed by atoms with Crippen LogP contribution < -0.4 is 0 Å². The van der Waals surface area contributed by atoms with Crippen LogP contribution in [-0.2, 0) is 0 Å². The molecule has 6 heteroatoms. The zero-order chi connectivity index (χ0) is 27.2. The highest BCUT2D eigenvalue weighted by Crippen LogP contribution is 2.36. The third-order valence-corrected chi connectivity index (χ3v) is 7.41. The summed E-state index contributed by atoms with van der Waals surface area (Å²) >= 11 is 0. The lowest BCUT2D eigenvalue weighted by Crippen LogP contribution is -1.93. The van der Waals surface area contributed by atoms with E-state index < -0.39 is 0 Å². The number of hydrogen-bond donors (Lipinski definition) is 0. The van der Waals surface area contributed by atoms with Crippen molar-refractivity contribution in [3.8, 4) is 44.9 Å². The SMILES string of the molecule is c1cc(-c2cc(-c3ccncc3)nc(-c3ccncc3)c2)cc(-c2nc3c(nc4ccccn43)c3ccccc23)c1. The van der Waals surface area contributed by atoms with Crippen LogP contribution in [0.15, 0.2) is 134 Å². The van der Waals surface area contributed by atoms with E-state index in [1.807, 2.05) is 48.7 Å². The first kappa shape index (κ1) is 23.2. The Labute approximate surface area is 235 Å². The summed E-state index contributed by atoms with van der Waals surface area (Å²) in [4.78, 5) is 23.5. The molecule has 192 valence electrons. The predicted molar refractivity (Wildman–Crippen MR) is 163 cm³/mol. The predicted octanol–water partition coefficient (Wildman–Crippen LogP) is 7.89. The van der Waals surface area contributed by atoms with E-state index in [1.165, 1.54) is 0 Å². The van der Waals surface area contributed by atoms with Crippen LogP contribution in [0.3, 0.4) is 0 Å². The summed E-state index contributed by atoms with van der Waals surface area (Å²) in [7, 11) is 0. The van der Waals surface area contributed by atoms with E-state index >= 15 is 0 Å². The Morgan fingerprint density at radius 1 is 0.463 bits per heavy atom. The van der Waals surface area contributed by atoms with Gasteiger partial charge in [0.15, 0.2) is 5.65 Å². The fourth-order valence-corrected chi connectivity index (χ4v) is 5.44. The maximum atomic E-state index is 5.20. The van der Waals surface area contributed by atoms with Gasteiger partial charge in [-0.1, -0.05) is 48.5 Å². The van der Waals surface area contributed by atoms with Crippen LogP contribution in [-0.4, -0.2) is 29.3 Å². The molecule has 0 unspecified atom stereocenters. The molecule has 0 spiro atoms. The molecule has 8 aromatic rings. The Kier molecular flexibility index (Phi) is 5.35. The van der Waals surface area contributed by atoms with Gasteiger partial charge in [0.05, 0.1) is 17.1 Å². The smallest absolute Gasteiger partial charge is 0.165 e. The lowest BCUT2D eigenvalue weighted by Gasteiger charge is -2.12. The zero-order valence-corrected chi connectivity index (χ0v) is 21.9. The van der Waals surface area contributed by atoms with Gasteiger partial charge in [-0.3, -0.25) is 14.4 Å². The standard InChI is InChI=1S/C35H22N6/c1-2-9-29-28(8-1)33(40-35-34(29)39-32-10-3-4-19-41(32)35)26-7-5-6-25(20-26)27-21-30(23-11-15-36-16-12-23)38-31(22-27)24-13-17-37-18-14-24/h1-22H. The molecule has 0 radical (unpaired) electrons. The van der Waals surface area contributed by atoms with Crippen LogP contribution in [0.25, 0.3) is 72.5 Å². The highest BCUT2D eigenvalue weighted by atomic mass is 15.1. The second kappa shape index (κ2) is 9.47. The highest BCUT2D eigenvalue weighted by molar-refractivity contribution is 6.09. The van der Waals surface area contributed by atoms with Crippen molar-refractivity contribution in [2.24, 2.45) is 0 Å². The first-order chi connectivity index (χ1) is 20.3. The van der Waals surface area contributed by atoms with Gasteiger partial charge < -0.3 is 0 Å². The average molecular weight is 527 g/mol. The van der Waals surface area contributed by atoms with Crippen molar-refractivity contribution in [3.05, 3.63) is 134 Å². The molecule has 0 aliphatic heterocycles. The molecule has 0 fully saturated rings. The lowest BCUT2D eigenvalue weighted by atomic mass is 9.97. The van der Waals surface area contributed by atoms with Crippen molar-refractivity contribution in [2.45, 2.75) is 0 Å². The summed E-state index contributed by atoms with van der Waals surface area (Å²) in [5.74, 6) is 0. The third-order valence-electron chi connectivity index (χ3n) is 7.41. The topological polar surface area (TPSA) is 68.9 Å². The van der Waals surface area contributed by atoms with Crippen molar-refractivity contribution in [2.75, 3.05) is 0 Å². The van der Waals surface area contributed by atoms with E-state index in [0.29, 0.717) is 0 Å². The molecule has 41 heavy (non-hydrogen) atoms. The highest BCUT2D eigenvalue weighted by Gasteiger charge is 2.16. The Bertz CT molecular complexity index is 2150. The van der Waals surface area contributed by atoms with Crippen LogP contribution in [0.1, 0.15) is 0 Å². The summed E-state index contributed by atoms with van der Waals surface area (Å²) in [6.45, 7) is 0. The molecular formula is C35H22N6. The second-order valence-electron chi connectivity index (χ2n) is 9.90. The Morgan fingerprint density at radius 3 is 1.85 bits per heavy atom. The van der Waals surface area contributed by atoms with Crippen LogP contribution >= 0.6 is 0 Å². The van der Waals surface area contributed by atoms with Gasteiger partial charge in [-0.15, -0.1) is 0 Å². The lowest BCUT2D eigenvalue weighted by molar-refractivity contribution is 1.19. The van der Waals surface area contributed by atoms with E-state index in [1.54, 1.807) is 24.8 Å². The number of nitrogens with zero attached hydrogens (tertiary/aromatic N) is 6. The van der Waals surface area contributed by atoms with E-state index in [2.05, 4.69) is 75.0 Å². The summed E-state index contributed by atoms with van der Waals surface area (Å²) in [5, 5.41) is 2.16. The molecule has 0 amide bonds. The van der Waals surface area contributed by atoms with E-state index in [9.17, 15) is 0 Å². The van der Waals surface area contributed by atoms with Gasteiger partial charge in [-0.25, -0.2) is 15.0 Å². The summed E-state index contributed by atoms with van der Waals surface area (Å²) in [6, 6.07) is 35.2. The average Bonchev–Trinajstić information content (AvgIpc) is 3.44. The van der Waals surface area contributed by atoms with Crippen LogP contribution in [0.5, 0.6) is 0 Å². The van der Waals surface area contributed by atoms with Gasteiger partial charge in [0, 0.05) is 58.4 Å². The molecule has 6 heterocycles. The first-order valence-corrected chi connectivity index (χ1v) is 13.4. The number of rotatable bonds is 4. The van der Waals surface area contributed by atoms with Gasteiger partial charge >= 0.3 is 0 Å². The molecule has 0 atom stereocenters. The largest absolute Gasteiger partial charge is 0.284 e. The van der Waals surface area contributed by atoms with Crippen LogP contribution in [0.4, 0.5) is 0 Å². The molecule has 6 aromatic heterocycles. The first-order valence-electron chi connectivity index (χ1n) is 13.4. The molecule has 6 nitrogen and oxygen atoms in total. The molecule has 0 N–H and O–H groups in total. The Morgan fingerprint density at radius 2 is 1.12 bits per heavy atom. The van der Waals surface area contributed by atoms with Gasteiger partial charge in [-0.05, 0) is 65.7 Å². The van der Waals surface area contributed by atoms with Crippen molar-refractivity contribution in [1.29, 1.82) is 0 Å². The fourth-order valence-electron chi connectivity index (χ4n) is 5.44. The van der Waals surface area contributed by atoms with Gasteiger partial charge in [0.25, 0.3) is 0 Å². The Hall–Kier alpha value is -5.75. The number of benzene rings is 2. The third kappa shape index (κ3) is 4.01. The number of fused-ring (bicyclic) bond motifs is 5. The molecular weight excluding hydrogens is 504 g/mol. The minimum Gasteiger partial charge on any atom is -0.284 e. The van der Waals surface area contributed by atoms with Crippen molar-refractivity contribution in [3.63, 3.8) is 0 Å². The van der Waals surface area contributed by atoms with Crippen LogP contribution in [0, 0.1) is 0 Å². The zero-order valence-electron chi connectivity index (χ0n) is 21.9. The van der Waals surface area contributed by atoms with Crippen molar-refractivity contribution < 1.29 is 0 Å². The van der Waals surface area contributed by atoms with Gasteiger partial charge in [0.2, 0.25) is 0 Å². The number of aromatic nitrogens is 6. The van der Waals surface area contributed by atoms with E-state index in [-0.39, 0.29) is 0 Å². The van der Waals surface area contributed by atoms with E-state index in [4.69, 9.17) is 15.0 Å². The number of hydrogen-bond acceptors (Lipinski definition) is 5. The van der Waals surface area contributed by atoms with Gasteiger partial charge in [-0.2, -0.15) is 0 Å². The van der Waals surface area contributed by atoms with Crippen molar-refractivity contribution >= 4 is 27.6 Å². The molecule has 8 rings (SSSR count). The summed E-state index contributed by atoms with van der Waals surface area (Å²) in [5.41, 5.74) is 10.6. The molecule has 0 saturated carbocycles. The Balaban J connectivity index is 1.34. The molecule has 0 bridgehead atoms. The quantitative estimate of drug-likeness (QED) is 0.233. The molecule has 0 aliphatic rings. The maximum absolute atomic E-state index is 5.20. The fraction of sp³-hybridized carbons (Fsp3) is 0. The molecule has 0 saturated heterocycles. The normalized spacial score (nSPS) is 11.4. The summed E-state index contributed by atoms with van der Waals surface area (Å²) in [6.07, 6.45) is 9.20. The number of pyridine rings is 5. The van der Waals surface area contributed by atoms with Gasteiger partial charge in [0.1, 0.15) is 11.2 Å². The molecule has 0 aliphatic carbocycles. The minimum absolute atomic E-state index is 0.851. The molecule has 2 aromatic carbocycles. The van der Waals surface area contributed by atoms with E-state index in [0.717, 1.165) is 72.5 Å². The van der Waals surface area contributed by atoms with Crippen LogP contribution in [0.2, 0.25) is 0 Å². The summed E-state index contributed by atoms with van der Waals surface area (Å²) < 4.78 is 2.06. The van der Waals surface area contributed by atoms with Crippen molar-refractivity contribution in [1.82, 2.24) is 29.3 Å². The monoisotopic (exact) mass is 526 g/mol. The second-order valence-corrected chi connectivity index (χ2v) is 9.90. The number of imidazole rings is 1. The maximum Gasteiger partial charge on any atom is 0.165 e. The minimum atomic E-state index is 0.851.